The molecule has 12 heteroatoms. The van der Waals surface area contributed by atoms with Crippen LogP contribution in [0.5, 0.6) is 0 Å². The van der Waals surface area contributed by atoms with Crippen LogP contribution in [0.15, 0.2) is 29.2 Å². The van der Waals surface area contributed by atoms with Crippen LogP contribution in [0.25, 0.3) is 5.69 Å². The van der Waals surface area contributed by atoms with Crippen LogP contribution in [0.4, 0.5) is 14.6 Å². The van der Waals surface area contributed by atoms with Gasteiger partial charge < -0.3 is 14.6 Å². The third-order valence-corrected chi connectivity index (χ3v) is 5.07. The number of morpholine rings is 1. The Kier molecular flexibility index (Phi) is 6.44. The number of alkyl halides is 2. The third-order valence-electron chi connectivity index (χ3n) is 5.07. The molecule has 0 aromatic carbocycles. The number of carbonyl (C=O) groups is 2. The van der Waals surface area contributed by atoms with Gasteiger partial charge in [-0.05, 0) is 40.7 Å². The molecule has 1 aliphatic heterocycles. The summed E-state index contributed by atoms with van der Waals surface area (Å²) in [6.07, 6.45) is -0.918. The normalized spacial score (nSPS) is 20.3. The number of ether oxygens (including phenoxy) is 2. The molecule has 0 unspecified atom stereocenters. The molecule has 1 fully saturated rings. The maximum Gasteiger partial charge on any atom is 0.339 e. The maximum absolute atomic E-state index is 13.2. The van der Waals surface area contributed by atoms with Crippen molar-refractivity contribution in [3.8, 4) is 5.69 Å². The van der Waals surface area contributed by atoms with E-state index >= 15 is 0 Å². The molecule has 1 N–H and O–H groups in total. The van der Waals surface area contributed by atoms with E-state index in [-0.39, 0.29) is 29.2 Å². The summed E-state index contributed by atoms with van der Waals surface area (Å²) < 4.78 is 38.5. The fourth-order valence-corrected chi connectivity index (χ4v) is 3.40. The van der Waals surface area contributed by atoms with Crippen LogP contribution in [-0.4, -0.2) is 61.8 Å². The predicted octanol–water partition coefficient (Wildman–Crippen LogP) is 1.56. The number of hydrogen-bond donors (Lipinski definition) is 1. The molecule has 2 aromatic heterocycles. The standard InChI is InChI=1S/C21H26F2N4O6/c1-12-10-14(24-27(12)13-6-7-15(28)26(11-13)19(22)23)25-8-9-32-21(5,18(25)31)16(29)17(30)33-20(2,3)4/h6-7,10-11,16,19,29H,8-9H2,1-5H3/t16-,21+/m0/s1. The summed E-state index contributed by atoms with van der Waals surface area (Å²) in [4.78, 5) is 38.5. The van der Waals surface area contributed by atoms with E-state index in [1.165, 1.54) is 22.6 Å². The van der Waals surface area contributed by atoms with E-state index in [1.54, 1.807) is 33.8 Å². The summed E-state index contributed by atoms with van der Waals surface area (Å²) in [5.74, 6) is -1.55. The molecule has 3 rings (SSSR count). The highest BCUT2D eigenvalue weighted by Crippen LogP contribution is 2.29. The summed E-state index contributed by atoms with van der Waals surface area (Å²) in [5.41, 5.74) is -2.97. The Bertz CT molecular complexity index is 1120. The minimum absolute atomic E-state index is 0.00423. The summed E-state index contributed by atoms with van der Waals surface area (Å²) in [6, 6.07) is 3.88. The molecule has 3 heterocycles. The van der Waals surface area contributed by atoms with Crippen molar-refractivity contribution in [2.24, 2.45) is 0 Å². The fraction of sp³-hybridized carbons (Fsp3) is 0.524. The first-order valence-corrected chi connectivity index (χ1v) is 10.2. The minimum Gasteiger partial charge on any atom is -0.458 e. The molecule has 2 aromatic rings. The summed E-state index contributed by atoms with van der Waals surface area (Å²) in [7, 11) is 0. The molecule has 0 bridgehead atoms. The Morgan fingerprint density at radius 3 is 2.58 bits per heavy atom. The quantitative estimate of drug-likeness (QED) is 0.662. The Morgan fingerprint density at radius 1 is 1.30 bits per heavy atom. The maximum atomic E-state index is 13.2. The predicted molar refractivity (Wildman–Crippen MR) is 112 cm³/mol. The van der Waals surface area contributed by atoms with Crippen LogP contribution in [0, 0.1) is 6.92 Å². The Labute approximate surface area is 188 Å². The summed E-state index contributed by atoms with van der Waals surface area (Å²) >= 11 is 0. The van der Waals surface area contributed by atoms with Crippen molar-refractivity contribution >= 4 is 17.7 Å². The molecule has 0 radical (unpaired) electrons. The number of aryl methyl sites for hydroxylation is 1. The molecule has 2 atom stereocenters. The minimum atomic E-state index is -3.02. The highest BCUT2D eigenvalue weighted by atomic mass is 19.3. The van der Waals surface area contributed by atoms with Crippen molar-refractivity contribution in [3.63, 3.8) is 0 Å². The van der Waals surface area contributed by atoms with Crippen molar-refractivity contribution in [2.45, 2.75) is 58.5 Å². The van der Waals surface area contributed by atoms with Gasteiger partial charge in [-0.3, -0.25) is 19.1 Å². The number of aliphatic hydroxyl groups is 1. The van der Waals surface area contributed by atoms with E-state index < -0.39 is 41.3 Å². The molecule has 1 saturated heterocycles. The lowest BCUT2D eigenvalue weighted by Crippen LogP contribution is -2.63. The van der Waals surface area contributed by atoms with Gasteiger partial charge in [0.1, 0.15) is 5.60 Å². The van der Waals surface area contributed by atoms with Gasteiger partial charge in [-0.1, -0.05) is 0 Å². The number of nitrogens with zero attached hydrogens (tertiary/aromatic N) is 4. The first-order chi connectivity index (χ1) is 15.2. The van der Waals surface area contributed by atoms with Crippen molar-refractivity contribution < 1.29 is 33.0 Å². The Morgan fingerprint density at radius 2 is 1.97 bits per heavy atom. The molecule has 0 spiro atoms. The van der Waals surface area contributed by atoms with Gasteiger partial charge in [-0.2, -0.15) is 8.78 Å². The highest BCUT2D eigenvalue weighted by Gasteiger charge is 2.52. The number of rotatable bonds is 5. The van der Waals surface area contributed by atoms with Crippen LogP contribution in [-0.2, 0) is 19.1 Å². The number of hydrogen-bond acceptors (Lipinski definition) is 7. The van der Waals surface area contributed by atoms with Gasteiger partial charge in [-0.15, -0.1) is 5.10 Å². The monoisotopic (exact) mass is 468 g/mol. The van der Waals surface area contributed by atoms with Crippen LogP contribution < -0.4 is 10.5 Å². The molecule has 33 heavy (non-hydrogen) atoms. The van der Waals surface area contributed by atoms with Gasteiger partial charge in [0.15, 0.2) is 17.5 Å². The highest BCUT2D eigenvalue weighted by molar-refractivity contribution is 6.02. The lowest BCUT2D eigenvalue weighted by Gasteiger charge is -2.40. The number of amides is 1. The number of pyridine rings is 1. The number of halogens is 2. The van der Waals surface area contributed by atoms with E-state index in [0.29, 0.717) is 5.69 Å². The molecular weight excluding hydrogens is 442 g/mol. The van der Waals surface area contributed by atoms with E-state index in [1.807, 2.05) is 0 Å². The van der Waals surface area contributed by atoms with Crippen LogP contribution >= 0.6 is 0 Å². The zero-order chi connectivity index (χ0) is 24.7. The number of esters is 1. The molecule has 0 aliphatic carbocycles. The van der Waals surface area contributed by atoms with Gasteiger partial charge in [0.2, 0.25) is 0 Å². The number of anilines is 1. The molecule has 1 amide bonds. The van der Waals surface area contributed by atoms with E-state index in [0.717, 1.165) is 12.3 Å². The van der Waals surface area contributed by atoms with Crippen molar-refractivity contribution in [1.29, 1.82) is 0 Å². The number of carbonyl (C=O) groups excluding carboxylic acids is 2. The second kappa shape index (κ2) is 8.67. The number of aromatic nitrogens is 3. The molecule has 180 valence electrons. The lowest BCUT2D eigenvalue weighted by atomic mass is 9.95. The smallest absolute Gasteiger partial charge is 0.339 e. The van der Waals surface area contributed by atoms with Crippen molar-refractivity contribution in [1.82, 2.24) is 14.3 Å². The number of aliphatic hydroxyl groups excluding tert-OH is 1. The largest absolute Gasteiger partial charge is 0.458 e. The first kappa shape index (κ1) is 24.5. The second-order valence-electron chi connectivity index (χ2n) is 8.81. The van der Waals surface area contributed by atoms with Crippen LogP contribution in [0.2, 0.25) is 0 Å². The van der Waals surface area contributed by atoms with E-state index in [4.69, 9.17) is 9.47 Å². The molecule has 0 saturated carbocycles. The van der Waals surface area contributed by atoms with Crippen LogP contribution in [0.1, 0.15) is 39.9 Å². The lowest BCUT2D eigenvalue weighted by molar-refractivity contribution is -0.191. The summed E-state index contributed by atoms with van der Waals surface area (Å²) in [5, 5.41) is 14.9. The molecule has 10 nitrogen and oxygen atoms in total. The van der Waals surface area contributed by atoms with Gasteiger partial charge in [0.25, 0.3) is 11.5 Å². The molecular formula is C21H26F2N4O6. The zero-order valence-electron chi connectivity index (χ0n) is 18.9. The van der Waals surface area contributed by atoms with Crippen molar-refractivity contribution in [2.75, 3.05) is 18.1 Å². The zero-order valence-corrected chi connectivity index (χ0v) is 18.9. The summed E-state index contributed by atoms with van der Waals surface area (Å²) in [6.45, 7) is 4.88. The Hall–Kier alpha value is -3.12. The Balaban J connectivity index is 1.92. The topological polar surface area (TPSA) is 116 Å². The average molecular weight is 468 g/mol. The SMILES string of the molecule is Cc1cc(N2CCO[C@](C)([C@@H](O)C(=O)OC(C)(C)C)C2=O)nn1-c1ccc(=O)n(C(F)F)c1. The van der Waals surface area contributed by atoms with E-state index in [2.05, 4.69) is 5.10 Å². The molecule has 1 aliphatic rings. The van der Waals surface area contributed by atoms with Gasteiger partial charge in [-0.25, -0.2) is 9.48 Å². The first-order valence-electron chi connectivity index (χ1n) is 10.2. The second-order valence-corrected chi connectivity index (χ2v) is 8.81. The van der Waals surface area contributed by atoms with Crippen LogP contribution in [0.3, 0.4) is 0 Å². The fourth-order valence-electron chi connectivity index (χ4n) is 3.40. The van der Waals surface area contributed by atoms with Gasteiger partial charge in [0, 0.05) is 24.0 Å². The third kappa shape index (κ3) is 4.81. The average Bonchev–Trinajstić information content (AvgIpc) is 3.09. The van der Waals surface area contributed by atoms with Crippen molar-refractivity contribution in [3.05, 3.63) is 40.4 Å². The van der Waals surface area contributed by atoms with E-state index in [9.17, 15) is 28.3 Å². The van der Waals surface area contributed by atoms with Gasteiger partial charge in [0.05, 0.1) is 18.8 Å². The van der Waals surface area contributed by atoms with Gasteiger partial charge >= 0.3 is 12.5 Å².